The van der Waals surface area contributed by atoms with Gasteiger partial charge in [-0.1, -0.05) is 11.6 Å². The molecule has 0 aliphatic carbocycles. The summed E-state index contributed by atoms with van der Waals surface area (Å²) in [5.41, 5.74) is 2.99. The van der Waals surface area contributed by atoms with Crippen LogP contribution >= 0.6 is 0 Å². The van der Waals surface area contributed by atoms with E-state index in [-0.39, 0.29) is 6.04 Å². The lowest BCUT2D eigenvalue weighted by Crippen LogP contribution is -2.16. The molecule has 0 fully saturated rings. The van der Waals surface area contributed by atoms with E-state index >= 15 is 0 Å². The van der Waals surface area contributed by atoms with Crippen molar-refractivity contribution in [2.24, 2.45) is 0 Å². The smallest absolute Gasteiger partial charge is 0.0525 e. The van der Waals surface area contributed by atoms with E-state index in [9.17, 15) is 4.91 Å². The SMILES string of the molecule is Cc1ccc2c(c1)C=CC(C)[N+]2=O. The second kappa shape index (κ2) is 2.80. The number of aryl methyl sites for hydroxylation is 1. The number of hydrogen-bond donors (Lipinski definition) is 0. The van der Waals surface area contributed by atoms with Gasteiger partial charge in [-0.05, 0) is 25.1 Å². The van der Waals surface area contributed by atoms with E-state index in [2.05, 4.69) is 0 Å². The molecule has 1 aromatic carbocycles. The number of fused-ring (bicyclic) bond motifs is 1. The van der Waals surface area contributed by atoms with Gasteiger partial charge in [0.1, 0.15) is 0 Å². The highest BCUT2D eigenvalue weighted by molar-refractivity contribution is 5.63. The van der Waals surface area contributed by atoms with Crippen LogP contribution in [0.2, 0.25) is 0 Å². The molecule has 0 spiro atoms. The Labute approximate surface area is 77.5 Å². The van der Waals surface area contributed by atoms with Gasteiger partial charge in [0.25, 0.3) is 5.69 Å². The van der Waals surface area contributed by atoms with Crippen LogP contribution in [0.15, 0.2) is 24.3 Å². The summed E-state index contributed by atoms with van der Waals surface area (Å²) >= 11 is 0. The van der Waals surface area contributed by atoms with Crippen LogP contribution in [0.25, 0.3) is 6.08 Å². The number of nitrogens with zero attached hydrogens (tertiary/aromatic N) is 1. The van der Waals surface area contributed by atoms with Crippen LogP contribution in [-0.4, -0.2) is 10.8 Å². The maximum Gasteiger partial charge on any atom is 0.263 e. The van der Waals surface area contributed by atoms with Crippen LogP contribution in [0.3, 0.4) is 0 Å². The molecule has 1 aliphatic rings. The van der Waals surface area contributed by atoms with Crippen LogP contribution in [0.4, 0.5) is 5.69 Å². The zero-order chi connectivity index (χ0) is 9.42. The zero-order valence-corrected chi connectivity index (χ0v) is 7.82. The van der Waals surface area contributed by atoms with Crippen LogP contribution in [0.5, 0.6) is 0 Å². The van der Waals surface area contributed by atoms with Crippen LogP contribution in [-0.2, 0) is 0 Å². The Kier molecular flexibility index (Phi) is 1.76. The Morgan fingerprint density at radius 1 is 1.38 bits per heavy atom. The Hall–Kier alpha value is -1.44. The van der Waals surface area contributed by atoms with Crippen molar-refractivity contribution in [1.82, 2.24) is 0 Å². The third-order valence-electron chi connectivity index (χ3n) is 2.34. The maximum atomic E-state index is 11.6. The first-order valence-corrected chi connectivity index (χ1v) is 4.44. The first-order chi connectivity index (χ1) is 6.18. The van der Waals surface area contributed by atoms with Crippen molar-refractivity contribution in [2.75, 3.05) is 0 Å². The van der Waals surface area contributed by atoms with E-state index in [1.54, 1.807) is 0 Å². The summed E-state index contributed by atoms with van der Waals surface area (Å²) < 4.78 is 1.05. The topological polar surface area (TPSA) is 20.1 Å². The lowest BCUT2D eigenvalue weighted by molar-refractivity contribution is -0.489. The summed E-state index contributed by atoms with van der Waals surface area (Å²) in [7, 11) is 0. The molecule has 1 unspecified atom stereocenters. The fraction of sp³-hybridized carbons (Fsp3) is 0.273. The minimum atomic E-state index is -0.0461. The van der Waals surface area contributed by atoms with Gasteiger partial charge in [-0.25, -0.2) is 0 Å². The molecule has 2 nitrogen and oxygen atoms in total. The fourth-order valence-corrected chi connectivity index (χ4v) is 1.55. The van der Waals surface area contributed by atoms with Crippen molar-refractivity contribution in [3.63, 3.8) is 0 Å². The van der Waals surface area contributed by atoms with Gasteiger partial charge in [-0.15, -0.1) is 0 Å². The van der Waals surface area contributed by atoms with Crippen molar-refractivity contribution in [3.8, 4) is 0 Å². The van der Waals surface area contributed by atoms with Gasteiger partial charge in [0.05, 0.1) is 5.56 Å². The van der Waals surface area contributed by atoms with Gasteiger partial charge >= 0.3 is 0 Å². The molecule has 0 saturated carbocycles. The van der Waals surface area contributed by atoms with Gasteiger partial charge in [-0.3, -0.25) is 0 Å². The van der Waals surface area contributed by atoms with E-state index in [1.807, 2.05) is 44.2 Å². The van der Waals surface area contributed by atoms with Gasteiger partial charge in [-0.2, -0.15) is 0 Å². The van der Waals surface area contributed by atoms with Gasteiger partial charge < -0.3 is 0 Å². The molecule has 13 heavy (non-hydrogen) atoms. The molecule has 1 atom stereocenters. The highest BCUT2D eigenvalue weighted by Gasteiger charge is 2.26. The van der Waals surface area contributed by atoms with Gasteiger partial charge in [0.2, 0.25) is 6.04 Å². The molecule has 0 saturated heterocycles. The largest absolute Gasteiger partial charge is 0.263 e. The van der Waals surface area contributed by atoms with E-state index in [0.717, 1.165) is 16.0 Å². The van der Waals surface area contributed by atoms with E-state index in [0.29, 0.717) is 0 Å². The summed E-state index contributed by atoms with van der Waals surface area (Å²) in [5.74, 6) is 0. The normalized spacial score (nSPS) is 20.2. The van der Waals surface area contributed by atoms with Crippen molar-refractivity contribution in [3.05, 3.63) is 40.3 Å². The Morgan fingerprint density at radius 2 is 2.15 bits per heavy atom. The fourth-order valence-electron chi connectivity index (χ4n) is 1.55. The van der Waals surface area contributed by atoms with E-state index < -0.39 is 0 Å². The second-order valence-corrected chi connectivity index (χ2v) is 3.49. The highest BCUT2D eigenvalue weighted by Crippen LogP contribution is 2.27. The monoisotopic (exact) mass is 174 g/mol. The number of hydrogen-bond acceptors (Lipinski definition) is 1. The van der Waals surface area contributed by atoms with Crippen molar-refractivity contribution < 1.29 is 4.76 Å². The zero-order valence-electron chi connectivity index (χ0n) is 7.82. The number of benzene rings is 1. The number of rotatable bonds is 0. The van der Waals surface area contributed by atoms with Crippen molar-refractivity contribution >= 4 is 11.8 Å². The molecule has 0 radical (unpaired) electrons. The lowest BCUT2D eigenvalue weighted by atomic mass is 10.0. The quantitative estimate of drug-likeness (QED) is 0.554. The summed E-state index contributed by atoms with van der Waals surface area (Å²) in [6, 6.07) is 5.84. The molecule has 0 N–H and O–H groups in total. The Bertz CT molecular complexity index is 393. The molecule has 2 rings (SSSR count). The van der Waals surface area contributed by atoms with E-state index in [1.165, 1.54) is 5.56 Å². The average molecular weight is 174 g/mol. The van der Waals surface area contributed by atoms with Crippen LogP contribution in [0, 0.1) is 11.8 Å². The van der Waals surface area contributed by atoms with Gasteiger partial charge in [0.15, 0.2) is 0 Å². The summed E-state index contributed by atoms with van der Waals surface area (Å²) in [6.07, 6.45) is 3.94. The minimum Gasteiger partial charge on any atom is -0.0525 e. The van der Waals surface area contributed by atoms with Crippen molar-refractivity contribution in [1.29, 1.82) is 0 Å². The standard InChI is InChI=1S/C11H12NO/c1-8-3-6-11-10(7-8)5-4-9(2)12(11)13/h3-7,9H,1-2H3/q+1. The van der Waals surface area contributed by atoms with Crippen LogP contribution < -0.4 is 0 Å². The van der Waals surface area contributed by atoms with Crippen molar-refractivity contribution in [2.45, 2.75) is 19.9 Å². The average Bonchev–Trinajstić information content (AvgIpc) is 2.12. The second-order valence-electron chi connectivity index (χ2n) is 3.49. The molecule has 1 aliphatic heterocycles. The molecule has 66 valence electrons. The molecule has 0 bridgehead atoms. The van der Waals surface area contributed by atoms with Gasteiger partial charge in [0, 0.05) is 22.7 Å². The summed E-state index contributed by atoms with van der Waals surface area (Å²) in [5, 5.41) is 0. The molecular weight excluding hydrogens is 162 g/mol. The minimum absolute atomic E-state index is 0.0461. The maximum absolute atomic E-state index is 11.6. The molecule has 0 aromatic heterocycles. The highest BCUT2D eigenvalue weighted by atomic mass is 16.3. The molecule has 1 heterocycles. The summed E-state index contributed by atoms with van der Waals surface area (Å²) in [4.78, 5) is 11.6. The van der Waals surface area contributed by atoms with Crippen LogP contribution in [0.1, 0.15) is 18.1 Å². The third kappa shape index (κ3) is 1.28. The molecule has 0 amide bonds. The summed E-state index contributed by atoms with van der Waals surface area (Å²) in [6.45, 7) is 3.92. The molecule has 2 heteroatoms. The third-order valence-corrected chi connectivity index (χ3v) is 2.34. The first-order valence-electron chi connectivity index (χ1n) is 4.44. The molecular formula is C11H12NO+. The predicted octanol–water partition coefficient (Wildman–Crippen LogP) is 2.82. The Balaban J connectivity index is 2.59. The molecule has 1 aromatic rings. The van der Waals surface area contributed by atoms with E-state index in [4.69, 9.17) is 0 Å². The number of nitroso groups, excluding NO2 is 1. The lowest BCUT2D eigenvalue weighted by Gasteiger charge is -2.07. The Morgan fingerprint density at radius 3 is 2.92 bits per heavy atom. The predicted molar refractivity (Wildman–Crippen MR) is 53.0 cm³/mol. The first kappa shape index (κ1) is 8.17.